The van der Waals surface area contributed by atoms with E-state index < -0.39 is 4.92 Å². The first-order valence-corrected chi connectivity index (χ1v) is 5.10. The minimum Gasteiger partial charge on any atom is -0.344 e. The van der Waals surface area contributed by atoms with Crippen LogP contribution in [0.2, 0.25) is 0 Å². The van der Waals surface area contributed by atoms with E-state index in [0.29, 0.717) is 11.0 Å². The molecule has 5 nitrogen and oxygen atoms in total. The van der Waals surface area contributed by atoms with Gasteiger partial charge in [-0.3, -0.25) is 10.1 Å². The minimum atomic E-state index is -0.414. The number of nitrogens with zero attached hydrogens (tertiary/aromatic N) is 2. The number of aromatic nitrogens is 2. The second-order valence-electron chi connectivity index (χ2n) is 2.70. The highest BCUT2D eigenvalue weighted by Gasteiger charge is 2.15. The molecule has 2 aromatic rings. The molecule has 0 saturated heterocycles. The van der Waals surface area contributed by atoms with Gasteiger partial charge >= 0.3 is 0 Å². The third kappa shape index (κ3) is 1.33. The number of benzene rings is 1. The number of fused-ring (bicyclic) bond motifs is 1. The molecule has 0 saturated carbocycles. The van der Waals surface area contributed by atoms with Crippen LogP contribution in [0.4, 0.5) is 5.69 Å². The lowest BCUT2D eigenvalue weighted by Crippen LogP contribution is -1.89. The van der Waals surface area contributed by atoms with Gasteiger partial charge in [0.1, 0.15) is 0 Å². The first-order chi connectivity index (χ1) is 6.72. The summed E-state index contributed by atoms with van der Waals surface area (Å²) < 4.78 is 0. The summed E-state index contributed by atoms with van der Waals surface area (Å²) in [5.41, 5.74) is 1.16. The van der Waals surface area contributed by atoms with Crippen molar-refractivity contribution < 1.29 is 4.92 Å². The summed E-state index contributed by atoms with van der Waals surface area (Å²) >= 11 is 1.47. The van der Waals surface area contributed by atoms with E-state index in [4.69, 9.17) is 0 Å². The zero-order valence-electron chi connectivity index (χ0n) is 7.35. The topological polar surface area (TPSA) is 71.8 Å². The van der Waals surface area contributed by atoms with E-state index in [1.807, 2.05) is 12.3 Å². The second-order valence-corrected chi connectivity index (χ2v) is 3.58. The van der Waals surface area contributed by atoms with E-state index in [9.17, 15) is 10.1 Å². The molecule has 0 aliphatic heterocycles. The molecule has 1 heterocycles. The molecule has 1 aromatic heterocycles. The minimum absolute atomic E-state index is 0.0492. The number of hydrogen-bond acceptors (Lipinski definition) is 4. The lowest BCUT2D eigenvalue weighted by Gasteiger charge is -1.97. The first kappa shape index (κ1) is 9.01. The van der Waals surface area contributed by atoms with Crippen LogP contribution in [0.3, 0.4) is 0 Å². The number of thioether (sulfide) groups is 1. The molecular weight excluding hydrogens is 202 g/mol. The van der Waals surface area contributed by atoms with E-state index in [1.165, 1.54) is 24.2 Å². The highest BCUT2D eigenvalue weighted by molar-refractivity contribution is 7.98. The zero-order valence-corrected chi connectivity index (χ0v) is 8.17. The molecule has 0 unspecified atom stereocenters. The van der Waals surface area contributed by atoms with Crippen LogP contribution in [0.25, 0.3) is 11.0 Å². The van der Waals surface area contributed by atoms with Gasteiger partial charge in [-0.05, 0) is 12.3 Å². The normalized spacial score (nSPS) is 10.6. The summed E-state index contributed by atoms with van der Waals surface area (Å²) in [5, 5.41) is 10.7. The molecular formula is C8H7N3O2S. The molecule has 0 fully saturated rings. The molecule has 2 rings (SSSR count). The summed E-state index contributed by atoms with van der Waals surface area (Å²) in [7, 11) is 0. The molecule has 0 amide bonds. The van der Waals surface area contributed by atoms with Crippen molar-refractivity contribution in [3.63, 3.8) is 0 Å². The van der Waals surface area contributed by atoms with Gasteiger partial charge in [0.15, 0.2) is 5.52 Å². The number of non-ortho nitro benzene ring substituents is 1. The summed E-state index contributed by atoms with van der Waals surface area (Å²) in [5.74, 6) is 0. The maximum Gasteiger partial charge on any atom is 0.298 e. The first-order valence-electron chi connectivity index (χ1n) is 3.88. The number of aromatic amines is 1. The zero-order chi connectivity index (χ0) is 10.1. The Hall–Kier alpha value is -1.56. The Balaban J connectivity index is 2.76. The van der Waals surface area contributed by atoms with Crippen LogP contribution in [0.15, 0.2) is 23.4 Å². The predicted octanol–water partition coefficient (Wildman–Crippen LogP) is 2.19. The number of nitrogens with one attached hydrogen (secondary N) is 1. The van der Waals surface area contributed by atoms with Crippen LogP contribution in [-0.2, 0) is 0 Å². The number of hydrogen-bond donors (Lipinski definition) is 1. The van der Waals surface area contributed by atoms with E-state index in [-0.39, 0.29) is 5.69 Å². The Labute approximate surface area is 83.7 Å². The fourth-order valence-electron chi connectivity index (χ4n) is 1.26. The van der Waals surface area contributed by atoms with E-state index in [2.05, 4.69) is 9.97 Å². The summed E-state index contributed by atoms with van der Waals surface area (Å²) in [6.45, 7) is 0. The van der Waals surface area contributed by atoms with E-state index in [0.717, 1.165) is 4.90 Å². The molecule has 1 N–H and O–H groups in total. The third-order valence-corrected chi connectivity index (χ3v) is 2.62. The molecule has 1 aromatic carbocycles. The van der Waals surface area contributed by atoms with Crippen LogP contribution >= 0.6 is 11.8 Å². The van der Waals surface area contributed by atoms with Gasteiger partial charge in [-0.15, -0.1) is 11.8 Å². The Kier molecular flexibility index (Phi) is 2.12. The van der Waals surface area contributed by atoms with Crippen molar-refractivity contribution in [3.05, 3.63) is 28.6 Å². The molecule has 6 heteroatoms. The number of nitro groups is 1. The van der Waals surface area contributed by atoms with Crippen molar-refractivity contribution in [2.45, 2.75) is 4.90 Å². The largest absolute Gasteiger partial charge is 0.344 e. The van der Waals surface area contributed by atoms with Crippen LogP contribution in [-0.4, -0.2) is 21.1 Å². The highest BCUT2D eigenvalue weighted by Crippen LogP contribution is 2.28. The van der Waals surface area contributed by atoms with Gasteiger partial charge < -0.3 is 4.98 Å². The lowest BCUT2D eigenvalue weighted by atomic mass is 10.3. The fraction of sp³-hybridized carbons (Fsp3) is 0.125. The van der Waals surface area contributed by atoms with Crippen LogP contribution < -0.4 is 0 Å². The van der Waals surface area contributed by atoms with Crippen molar-refractivity contribution in [1.82, 2.24) is 9.97 Å². The Bertz CT molecular complexity index is 494. The van der Waals surface area contributed by atoms with Gasteiger partial charge in [0, 0.05) is 11.0 Å². The SMILES string of the molecule is CSc1cc([N+](=O)[O-])c2nc[nH]c2c1. The molecule has 72 valence electrons. The van der Waals surface area contributed by atoms with Crippen molar-refractivity contribution in [2.75, 3.05) is 6.26 Å². The maximum absolute atomic E-state index is 10.7. The van der Waals surface area contributed by atoms with Gasteiger partial charge in [0.05, 0.1) is 16.8 Å². The molecule has 0 aliphatic carbocycles. The summed E-state index contributed by atoms with van der Waals surface area (Å²) in [6.07, 6.45) is 3.34. The number of nitro benzene ring substituents is 1. The highest BCUT2D eigenvalue weighted by atomic mass is 32.2. The molecule has 0 spiro atoms. The number of H-pyrrole nitrogens is 1. The average molecular weight is 209 g/mol. The van der Waals surface area contributed by atoms with Crippen LogP contribution in [0, 0.1) is 10.1 Å². The fourth-order valence-corrected chi connectivity index (χ4v) is 1.73. The van der Waals surface area contributed by atoms with Crippen molar-refractivity contribution in [3.8, 4) is 0 Å². The van der Waals surface area contributed by atoms with Crippen LogP contribution in [0.1, 0.15) is 0 Å². The smallest absolute Gasteiger partial charge is 0.298 e. The average Bonchev–Trinajstić information content (AvgIpc) is 2.63. The predicted molar refractivity (Wildman–Crippen MR) is 54.5 cm³/mol. The van der Waals surface area contributed by atoms with E-state index in [1.54, 1.807) is 0 Å². The summed E-state index contributed by atoms with van der Waals surface area (Å²) in [6, 6.07) is 3.38. The molecule has 0 atom stereocenters. The molecule has 0 radical (unpaired) electrons. The van der Waals surface area contributed by atoms with Crippen molar-refractivity contribution in [1.29, 1.82) is 0 Å². The molecule has 0 bridgehead atoms. The van der Waals surface area contributed by atoms with Crippen LogP contribution in [0.5, 0.6) is 0 Å². The second kappa shape index (κ2) is 3.30. The maximum atomic E-state index is 10.7. The summed E-state index contributed by atoms with van der Waals surface area (Å²) in [4.78, 5) is 17.9. The lowest BCUT2D eigenvalue weighted by molar-refractivity contribution is -0.383. The van der Waals surface area contributed by atoms with Crippen molar-refractivity contribution in [2.24, 2.45) is 0 Å². The van der Waals surface area contributed by atoms with E-state index >= 15 is 0 Å². The monoisotopic (exact) mass is 209 g/mol. The Morgan fingerprint density at radius 3 is 3.00 bits per heavy atom. The van der Waals surface area contributed by atoms with Gasteiger partial charge in [-0.1, -0.05) is 0 Å². The van der Waals surface area contributed by atoms with Gasteiger partial charge in [-0.2, -0.15) is 0 Å². The number of imidazole rings is 1. The number of rotatable bonds is 2. The Morgan fingerprint density at radius 2 is 2.36 bits per heavy atom. The third-order valence-electron chi connectivity index (χ3n) is 1.91. The Morgan fingerprint density at radius 1 is 1.57 bits per heavy atom. The van der Waals surface area contributed by atoms with Gasteiger partial charge in [0.25, 0.3) is 5.69 Å². The molecule has 14 heavy (non-hydrogen) atoms. The quantitative estimate of drug-likeness (QED) is 0.467. The standard InChI is InChI=1S/C8H7N3O2S/c1-14-5-2-6-8(10-4-9-6)7(3-5)11(12)13/h2-4H,1H3,(H,9,10). The molecule has 0 aliphatic rings. The van der Waals surface area contributed by atoms with Gasteiger partial charge in [-0.25, -0.2) is 4.98 Å². The van der Waals surface area contributed by atoms with Gasteiger partial charge in [0.2, 0.25) is 0 Å². The van der Waals surface area contributed by atoms with Crippen molar-refractivity contribution >= 4 is 28.5 Å².